The van der Waals surface area contributed by atoms with Crippen LogP contribution in [0.5, 0.6) is 0 Å². The zero-order chi connectivity index (χ0) is 24.1. The first-order chi connectivity index (χ1) is 14.8. The zero-order valence-corrected chi connectivity index (χ0v) is 21.1. The number of rotatable bonds is 10. The molecule has 0 aromatic heterocycles. The standard InChI is InChI=1S/C25H37NO5Si/c1-18-14-23(28)26(17-19-10-8-7-9-11-19)22(18)13-12-20(27)15-21(16-24(29)30)31-32(5,6)25(2,3)4/h7-13,18,21-22H,14-17H2,1-6H3,(H,29,30)/t18?,21-,22?/m1/s1. The minimum atomic E-state index is -2.22. The second kappa shape index (κ2) is 10.6. The average molecular weight is 460 g/mol. The van der Waals surface area contributed by atoms with Gasteiger partial charge in [-0.2, -0.15) is 0 Å². The normalized spacial score (nSPS) is 20.7. The van der Waals surface area contributed by atoms with Crippen LogP contribution in [-0.4, -0.2) is 48.1 Å². The van der Waals surface area contributed by atoms with Gasteiger partial charge in [0, 0.05) is 19.4 Å². The van der Waals surface area contributed by atoms with Crippen LogP contribution in [-0.2, 0) is 25.4 Å². The number of carboxylic acids is 1. The minimum Gasteiger partial charge on any atom is -0.481 e. The molecule has 32 heavy (non-hydrogen) atoms. The maximum atomic E-state index is 12.7. The van der Waals surface area contributed by atoms with Gasteiger partial charge in [0.1, 0.15) is 0 Å². The first-order valence-electron chi connectivity index (χ1n) is 11.2. The van der Waals surface area contributed by atoms with Crippen molar-refractivity contribution in [1.82, 2.24) is 4.90 Å². The van der Waals surface area contributed by atoms with Crippen LogP contribution in [0.2, 0.25) is 18.1 Å². The molecule has 6 nitrogen and oxygen atoms in total. The van der Waals surface area contributed by atoms with Crippen molar-refractivity contribution in [2.24, 2.45) is 5.92 Å². The summed E-state index contributed by atoms with van der Waals surface area (Å²) in [4.78, 5) is 38.4. The maximum Gasteiger partial charge on any atom is 0.305 e. The molecule has 1 heterocycles. The molecular weight excluding hydrogens is 422 g/mol. The maximum absolute atomic E-state index is 12.7. The summed E-state index contributed by atoms with van der Waals surface area (Å²) < 4.78 is 6.23. The fourth-order valence-corrected chi connectivity index (χ4v) is 5.05. The summed E-state index contributed by atoms with van der Waals surface area (Å²) in [7, 11) is -2.22. The SMILES string of the molecule is CC1CC(=O)N(Cc2ccccc2)C1C=CC(=O)C[C@H](CC(=O)O)O[Si](C)(C)C(C)(C)C. The summed E-state index contributed by atoms with van der Waals surface area (Å²) in [5.41, 5.74) is 1.05. The van der Waals surface area contributed by atoms with Gasteiger partial charge < -0.3 is 14.4 Å². The zero-order valence-electron chi connectivity index (χ0n) is 20.1. The molecule has 1 aliphatic heterocycles. The molecule has 0 radical (unpaired) electrons. The van der Waals surface area contributed by atoms with Crippen LogP contribution < -0.4 is 0 Å². The second-order valence-electron chi connectivity index (χ2n) is 10.3. The Morgan fingerprint density at radius 1 is 1.22 bits per heavy atom. The van der Waals surface area contributed by atoms with Crippen LogP contribution in [0.4, 0.5) is 0 Å². The van der Waals surface area contributed by atoms with Crippen molar-refractivity contribution in [2.45, 2.75) is 83.8 Å². The monoisotopic (exact) mass is 459 g/mol. The van der Waals surface area contributed by atoms with Crippen molar-refractivity contribution >= 4 is 26.0 Å². The lowest BCUT2D eigenvalue weighted by atomic mass is 10.0. The van der Waals surface area contributed by atoms with E-state index < -0.39 is 20.4 Å². The van der Waals surface area contributed by atoms with Crippen LogP contribution in [0.1, 0.15) is 52.5 Å². The highest BCUT2D eigenvalue weighted by molar-refractivity contribution is 6.74. The Kier molecular flexibility index (Phi) is 8.59. The number of allylic oxidation sites excluding steroid dienone is 1. The molecule has 0 spiro atoms. The van der Waals surface area contributed by atoms with Crippen LogP contribution in [0, 0.1) is 5.92 Å². The minimum absolute atomic E-state index is 0.0169. The van der Waals surface area contributed by atoms with Crippen molar-refractivity contribution in [3.63, 3.8) is 0 Å². The van der Waals surface area contributed by atoms with Crippen LogP contribution in [0.3, 0.4) is 0 Å². The molecule has 1 aliphatic rings. The summed E-state index contributed by atoms with van der Waals surface area (Å²) in [5.74, 6) is -0.974. The van der Waals surface area contributed by atoms with Crippen LogP contribution in [0.15, 0.2) is 42.5 Å². The molecule has 7 heteroatoms. The number of aliphatic carboxylic acids is 1. The molecule has 176 valence electrons. The first-order valence-corrected chi connectivity index (χ1v) is 14.1. The van der Waals surface area contributed by atoms with Gasteiger partial charge in [-0.05, 0) is 35.7 Å². The Balaban J connectivity index is 2.09. The summed E-state index contributed by atoms with van der Waals surface area (Å²) in [6.45, 7) is 12.9. The topological polar surface area (TPSA) is 83.9 Å². The fourth-order valence-electron chi connectivity index (χ4n) is 3.70. The van der Waals surface area contributed by atoms with Gasteiger partial charge in [-0.3, -0.25) is 14.4 Å². The number of ketones is 1. The molecule has 0 bridgehead atoms. The van der Waals surface area contributed by atoms with Crippen molar-refractivity contribution in [2.75, 3.05) is 0 Å². The van der Waals surface area contributed by atoms with Crippen molar-refractivity contribution in [3.8, 4) is 0 Å². The number of hydrogen-bond donors (Lipinski definition) is 1. The average Bonchev–Trinajstić information content (AvgIpc) is 2.91. The number of carbonyl (C=O) groups excluding carboxylic acids is 2. The van der Waals surface area contributed by atoms with E-state index in [1.165, 1.54) is 6.08 Å². The smallest absolute Gasteiger partial charge is 0.305 e. The Bertz CT molecular complexity index is 844. The molecule has 1 fully saturated rings. The summed E-state index contributed by atoms with van der Waals surface area (Å²) in [6, 6.07) is 9.63. The number of likely N-dealkylation sites (tertiary alicyclic amines) is 1. The third-order valence-corrected chi connectivity index (χ3v) is 11.1. The van der Waals surface area contributed by atoms with Crippen molar-refractivity contribution in [1.29, 1.82) is 0 Å². The Morgan fingerprint density at radius 2 is 1.84 bits per heavy atom. The van der Waals surface area contributed by atoms with E-state index in [1.54, 1.807) is 6.08 Å². The number of hydrogen-bond acceptors (Lipinski definition) is 4. The first kappa shape index (κ1) is 26.0. The van der Waals surface area contributed by atoms with Gasteiger partial charge in [-0.1, -0.05) is 64.1 Å². The largest absolute Gasteiger partial charge is 0.481 e. The Morgan fingerprint density at radius 3 is 2.41 bits per heavy atom. The fraction of sp³-hybridized carbons (Fsp3) is 0.560. The Hall–Kier alpha value is -2.25. The molecule has 1 aromatic rings. The van der Waals surface area contributed by atoms with E-state index in [2.05, 4.69) is 33.9 Å². The van der Waals surface area contributed by atoms with E-state index in [0.717, 1.165) is 5.56 Å². The molecule has 3 atom stereocenters. The molecule has 1 aromatic carbocycles. The van der Waals surface area contributed by atoms with Gasteiger partial charge in [-0.15, -0.1) is 0 Å². The van der Waals surface area contributed by atoms with Crippen LogP contribution in [0.25, 0.3) is 0 Å². The highest BCUT2D eigenvalue weighted by Gasteiger charge is 2.40. The molecule has 1 saturated heterocycles. The third-order valence-electron chi connectivity index (χ3n) is 6.53. The van der Waals surface area contributed by atoms with Crippen molar-refractivity contribution in [3.05, 3.63) is 48.0 Å². The summed E-state index contributed by atoms with van der Waals surface area (Å²) in [6.07, 6.45) is 2.90. The van der Waals surface area contributed by atoms with Crippen LogP contribution >= 0.6 is 0 Å². The molecule has 0 aliphatic carbocycles. The van der Waals surface area contributed by atoms with E-state index in [1.807, 2.05) is 42.2 Å². The molecule has 0 saturated carbocycles. The quantitative estimate of drug-likeness (QED) is 0.401. The predicted molar refractivity (Wildman–Crippen MR) is 128 cm³/mol. The lowest BCUT2D eigenvalue weighted by Crippen LogP contribution is -2.44. The molecule has 1 N–H and O–H groups in total. The van der Waals surface area contributed by atoms with E-state index >= 15 is 0 Å². The van der Waals surface area contributed by atoms with Gasteiger partial charge >= 0.3 is 5.97 Å². The molecular formula is C25H37NO5Si. The highest BCUT2D eigenvalue weighted by atomic mass is 28.4. The van der Waals surface area contributed by atoms with E-state index in [-0.39, 0.29) is 41.5 Å². The van der Waals surface area contributed by atoms with Gasteiger partial charge in [0.05, 0.1) is 18.6 Å². The van der Waals surface area contributed by atoms with E-state index in [0.29, 0.717) is 13.0 Å². The lowest BCUT2D eigenvalue weighted by Gasteiger charge is -2.38. The molecule has 1 amide bonds. The summed E-state index contributed by atoms with van der Waals surface area (Å²) >= 11 is 0. The van der Waals surface area contributed by atoms with Gasteiger partial charge in [-0.25, -0.2) is 0 Å². The number of carbonyl (C=O) groups is 3. The number of amides is 1. The number of nitrogens with zero attached hydrogens (tertiary/aromatic N) is 1. The Labute approximate surface area is 192 Å². The third kappa shape index (κ3) is 7.13. The highest BCUT2D eigenvalue weighted by Crippen LogP contribution is 2.38. The second-order valence-corrected chi connectivity index (χ2v) is 15.1. The van der Waals surface area contributed by atoms with E-state index in [9.17, 15) is 19.5 Å². The number of carboxylic acid groups (broad SMARTS) is 1. The van der Waals surface area contributed by atoms with Gasteiger partial charge in [0.2, 0.25) is 5.91 Å². The van der Waals surface area contributed by atoms with Crippen molar-refractivity contribution < 1.29 is 23.9 Å². The molecule has 2 unspecified atom stereocenters. The predicted octanol–water partition coefficient (Wildman–Crippen LogP) is 4.80. The number of benzene rings is 1. The van der Waals surface area contributed by atoms with Gasteiger partial charge in [0.15, 0.2) is 14.1 Å². The van der Waals surface area contributed by atoms with Gasteiger partial charge in [0.25, 0.3) is 0 Å². The summed E-state index contributed by atoms with van der Waals surface area (Å²) in [5, 5.41) is 9.22. The van der Waals surface area contributed by atoms with E-state index in [4.69, 9.17) is 4.43 Å². The molecule has 2 rings (SSSR count). The lowest BCUT2D eigenvalue weighted by molar-refractivity contribution is -0.139.